The first-order valence-corrected chi connectivity index (χ1v) is 8.18. The number of fused-ring (bicyclic) bond motifs is 1. The first-order chi connectivity index (χ1) is 10.7. The Hall–Kier alpha value is -1.65. The van der Waals surface area contributed by atoms with Crippen molar-refractivity contribution >= 4 is 16.6 Å². The molecule has 1 heterocycles. The van der Waals surface area contributed by atoms with Crippen LogP contribution in [0.5, 0.6) is 0 Å². The molecule has 0 amide bonds. The SMILES string of the molecule is CCN(CCO)CCC[C@@H](C)Nc1ccnc2ccccc12. The molecule has 120 valence electrons. The lowest BCUT2D eigenvalue weighted by atomic mass is 10.1. The molecule has 0 saturated heterocycles. The van der Waals surface area contributed by atoms with E-state index < -0.39 is 0 Å². The molecule has 1 atom stereocenters. The van der Waals surface area contributed by atoms with Crippen molar-refractivity contribution in [2.45, 2.75) is 32.7 Å². The number of hydrogen-bond acceptors (Lipinski definition) is 4. The number of aliphatic hydroxyl groups is 1. The molecule has 0 bridgehead atoms. The van der Waals surface area contributed by atoms with Crippen LogP contribution in [0.25, 0.3) is 10.9 Å². The molecule has 2 aromatic rings. The van der Waals surface area contributed by atoms with E-state index in [4.69, 9.17) is 5.11 Å². The van der Waals surface area contributed by atoms with Gasteiger partial charge >= 0.3 is 0 Å². The Balaban J connectivity index is 1.87. The first-order valence-electron chi connectivity index (χ1n) is 8.18. The normalized spacial score (nSPS) is 12.7. The van der Waals surface area contributed by atoms with E-state index in [1.807, 2.05) is 30.5 Å². The minimum absolute atomic E-state index is 0.241. The Bertz CT molecular complexity index is 568. The summed E-state index contributed by atoms with van der Waals surface area (Å²) in [5, 5.41) is 13.8. The minimum atomic E-state index is 0.241. The van der Waals surface area contributed by atoms with Gasteiger partial charge in [0.05, 0.1) is 12.1 Å². The maximum atomic E-state index is 9.01. The molecule has 0 fully saturated rings. The number of para-hydroxylation sites is 1. The third kappa shape index (κ3) is 4.68. The molecule has 2 N–H and O–H groups in total. The van der Waals surface area contributed by atoms with Gasteiger partial charge in [0.1, 0.15) is 0 Å². The van der Waals surface area contributed by atoms with Gasteiger partial charge in [-0.1, -0.05) is 25.1 Å². The Labute approximate surface area is 133 Å². The molecule has 0 aliphatic rings. The fourth-order valence-corrected chi connectivity index (χ4v) is 2.75. The second kappa shape index (κ2) is 8.71. The zero-order valence-electron chi connectivity index (χ0n) is 13.6. The number of hydrogen-bond donors (Lipinski definition) is 2. The molecule has 4 heteroatoms. The summed E-state index contributed by atoms with van der Waals surface area (Å²) in [6, 6.07) is 10.7. The van der Waals surface area contributed by atoms with Crippen molar-refractivity contribution in [2.24, 2.45) is 0 Å². The van der Waals surface area contributed by atoms with Crippen LogP contribution in [0.15, 0.2) is 36.5 Å². The molecule has 0 saturated carbocycles. The van der Waals surface area contributed by atoms with Gasteiger partial charge in [0.25, 0.3) is 0 Å². The molecule has 1 aromatic carbocycles. The molecule has 0 aliphatic heterocycles. The first kappa shape index (κ1) is 16.7. The van der Waals surface area contributed by atoms with E-state index in [-0.39, 0.29) is 6.61 Å². The number of aliphatic hydroxyl groups excluding tert-OH is 1. The van der Waals surface area contributed by atoms with Gasteiger partial charge in [0.2, 0.25) is 0 Å². The predicted molar refractivity (Wildman–Crippen MR) is 93.3 cm³/mol. The predicted octanol–water partition coefficient (Wildman–Crippen LogP) is 3.13. The Morgan fingerprint density at radius 3 is 2.82 bits per heavy atom. The van der Waals surface area contributed by atoms with Gasteiger partial charge < -0.3 is 15.3 Å². The van der Waals surface area contributed by atoms with Crippen LogP contribution >= 0.6 is 0 Å². The monoisotopic (exact) mass is 301 g/mol. The van der Waals surface area contributed by atoms with Crippen molar-refractivity contribution in [3.63, 3.8) is 0 Å². The molecular weight excluding hydrogens is 274 g/mol. The largest absolute Gasteiger partial charge is 0.395 e. The van der Waals surface area contributed by atoms with Crippen molar-refractivity contribution < 1.29 is 5.11 Å². The van der Waals surface area contributed by atoms with Crippen molar-refractivity contribution in [1.29, 1.82) is 0 Å². The van der Waals surface area contributed by atoms with Crippen LogP contribution in [-0.2, 0) is 0 Å². The topological polar surface area (TPSA) is 48.4 Å². The average Bonchev–Trinajstić information content (AvgIpc) is 2.54. The maximum absolute atomic E-state index is 9.01. The highest BCUT2D eigenvalue weighted by Gasteiger charge is 2.07. The lowest BCUT2D eigenvalue weighted by molar-refractivity contribution is 0.199. The van der Waals surface area contributed by atoms with Gasteiger partial charge in [-0.2, -0.15) is 0 Å². The number of nitrogens with one attached hydrogen (secondary N) is 1. The second-order valence-corrected chi connectivity index (χ2v) is 5.72. The zero-order chi connectivity index (χ0) is 15.8. The van der Waals surface area contributed by atoms with E-state index in [2.05, 4.69) is 35.1 Å². The van der Waals surface area contributed by atoms with Crippen LogP contribution in [0.3, 0.4) is 0 Å². The van der Waals surface area contributed by atoms with E-state index in [0.717, 1.165) is 43.7 Å². The molecule has 0 aliphatic carbocycles. The number of benzene rings is 1. The third-order valence-corrected chi connectivity index (χ3v) is 4.03. The second-order valence-electron chi connectivity index (χ2n) is 5.72. The van der Waals surface area contributed by atoms with Crippen LogP contribution in [-0.4, -0.2) is 47.3 Å². The molecule has 0 unspecified atom stereocenters. The summed E-state index contributed by atoms with van der Waals surface area (Å²) in [4.78, 5) is 6.68. The molecular formula is C18H27N3O. The Morgan fingerprint density at radius 1 is 1.23 bits per heavy atom. The summed E-state index contributed by atoms with van der Waals surface area (Å²) in [6.07, 6.45) is 4.10. The van der Waals surface area contributed by atoms with Crippen LogP contribution in [0.2, 0.25) is 0 Å². The molecule has 22 heavy (non-hydrogen) atoms. The molecule has 2 rings (SSSR count). The number of likely N-dealkylation sites (N-methyl/N-ethyl adjacent to an activating group) is 1. The van der Waals surface area contributed by atoms with Crippen LogP contribution in [0.4, 0.5) is 5.69 Å². The van der Waals surface area contributed by atoms with Gasteiger partial charge in [-0.3, -0.25) is 4.98 Å². The summed E-state index contributed by atoms with van der Waals surface area (Å²) >= 11 is 0. The number of anilines is 1. The molecule has 1 aromatic heterocycles. The minimum Gasteiger partial charge on any atom is -0.395 e. The van der Waals surface area contributed by atoms with Gasteiger partial charge in [-0.15, -0.1) is 0 Å². The van der Waals surface area contributed by atoms with E-state index in [1.165, 1.54) is 5.39 Å². The van der Waals surface area contributed by atoms with Crippen molar-refractivity contribution in [2.75, 3.05) is 31.6 Å². The van der Waals surface area contributed by atoms with Gasteiger partial charge in [0.15, 0.2) is 0 Å². The summed E-state index contributed by atoms with van der Waals surface area (Å²) in [6.45, 7) is 7.41. The lowest BCUT2D eigenvalue weighted by Gasteiger charge is -2.21. The maximum Gasteiger partial charge on any atom is 0.0722 e. The van der Waals surface area contributed by atoms with Crippen molar-refractivity contribution in [3.05, 3.63) is 36.5 Å². The summed E-state index contributed by atoms with van der Waals surface area (Å²) in [7, 11) is 0. The van der Waals surface area contributed by atoms with E-state index in [1.54, 1.807) is 0 Å². The van der Waals surface area contributed by atoms with Crippen LogP contribution in [0, 0.1) is 0 Å². The van der Waals surface area contributed by atoms with Gasteiger partial charge in [0, 0.05) is 29.9 Å². The van der Waals surface area contributed by atoms with E-state index >= 15 is 0 Å². The Morgan fingerprint density at radius 2 is 2.05 bits per heavy atom. The third-order valence-electron chi connectivity index (χ3n) is 4.03. The van der Waals surface area contributed by atoms with E-state index in [9.17, 15) is 0 Å². The van der Waals surface area contributed by atoms with Crippen LogP contribution < -0.4 is 5.32 Å². The number of pyridine rings is 1. The van der Waals surface area contributed by atoms with Crippen molar-refractivity contribution in [3.8, 4) is 0 Å². The highest BCUT2D eigenvalue weighted by molar-refractivity contribution is 5.90. The van der Waals surface area contributed by atoms with E-state index in [0.29, 0.717) is 6.04 Å². The summed E-state index contributed by atoms with van der Waals surface area (Å²) in [5.74, 6) is 0. The van der Waals surface area contributed by atoms with Gasteiger partial charge in [-0.25, -0.2) is 0 Å². The molecule has 0 radical (unpaired) electrons. The molecule has 0 spiro atoms. The summed E-state index contributed by atoms with van der Waals surface area (Å²) in [5.41, 5.74) is 2.18. The van der Waals surface area contributed by atoms with Crippen molar-refractivity contribution in [1.82, 2.24) is 9.88 Å². The fourth-order valence-electron chi connectivity index (χ4n) is 2.75. The molecule has 4 nitrogen and oxygen atoms in total. The zero-order valence-corrected chi connectivity index (χ0v) is 13.6. The standard InChI is InChI=1S/C18H27N3O/c1-3-21(13-14-22)12-6-7-15(2)20-18-10-11-19-17-9-5-4-8-16(17)18/h4-5,8-11,15,22H,3,6-7,12-14H2,1-2H3,(H,19,20)/t15-/m1/s1. The fraction of sp³-hybridized carbons (Fsp3) is 0.500. The van der Waals surface area contributed by atoms with Crippen LogP contribution in [0.1, 0.15) is 26.7 Å². The lowest BCUT2D eigenvalue weighted by Crippen LogP contribution is -2.28. The number of rotatable bonds is 9. The number of aromatic nitrogens is 1. The summed E-state index contributed by atoms with van der Waals surface area (Å²) < 4.78 is 0. The number of nitrogens with zero attached hydrogens (tertiary/aromatic N) is 2. The Kier molecular flexibility index (Phi) is 6.62. The highest BCUT2D eigenvalue weighted by atomic mass is 16.3. The average molecular weight is 301 g/mol. The quantitative estimate of drug-likeness (QED) is 0.747. The smallest absolute Gasteiger partial charge is 0.0722 e. The van der Waals surface area contributed by atoms with Gasteiger partial charge in [-0.05, 0) is 45.0 Å². The highest BCUT2D eigenvalue weighted by Crippen LogP contribution is 2.22.